The van der Waals surface area contributed by atoms with E-state index in [0.29, 0.717) is 49.1 Å². The van der Waals surface area contributed by atoms with Gasteiger partial charge in [-0.05, 0) is 75.6 Å². The Bertz CT molecular complexity index is 1250. The lowest BCUT2D eigenvalue weighted by atomic mass is 9.89. The van der Waals surface area contributed by atoms with Crippen LogP contribution in [0.15, 0.2) is 23.0 Å². The Morgan fingerprint density at radius 3 is 2.76 bits per heavy atom. The summed E-state index contributed by atoms with van der Waals surface area (Å²) in [7, 11) is 0. The van der Waals surface area contributed by atoms with Crippen molar-refractivity contribution in [2.24, 2.45) is 5.92 Å². The van der Waals surface area contributed by atoms with E-state index in [4.69, 9.17) is 9.47 Å². The molecule has 0 saturated heterocycles. The molecule has 2 heterocycles. The maximum atomic E-state index is 13.3. The highest BCUT2D eigenvalue weighted by Gasteiger charge is 2.24. The summed E-state index contributed by atoms with van der Waals surface area (Å²) in [6.07, 6.45) is 3.66. The second-order valence-electron chi connectivity index (χ2n) is 8.83. The fraction of sp³-hybridized carbons (Fsp3) is 0.500. The second kappa shape index (κ2) is 10.6. The van der Waals surface area contributed by atoms with Gasteiger partial charge in [0.05, 0.1) is 18.6 Å². The first-order valence-electron chi connectivity index (χ1n) is 12.1. The molecule has 1 aliphatic rings. The molecule has 0 fully saturated rings. The summed E-state index contributed by atoms with van der Waals surface area (Å²) < 4.78 is 12.8. The highest BCUT2D eigenvalue weighted by molar-refractivity contribution is 7.18. The lowest BCUT2D eigenvalue weighted by Crippen LogP contribution is -2.35. The van der Waals surface area contributed by atoms with Gasteiger partial charge in [-0.2, -0.15) is 0 Å². The van der Waals surface area contributed by atoms with Gasteiger partial charge in [-0.25, -0.2) is 4.98 Å². The van der Waals surface area contributed by atoms with Crippen LogP contribution in [0.1, 0.15) is 49.0 Å². The lowest BCUT2D eigenvalue weighted by Gasteiger charge is -2.17. The molecular formula is C26H33N3O4S. The molecule has 0 spiro atoms. The summed E-state index contributed by atoms with van der Waals surface area (Å²) in [5.74, 6) is 2.45. The molecule has 0 radical (unpaired) electrons. The summed E-state index contributed by atoms with van der Waals surface area (Å²) in [5.41, 5.74) is 2.09. The fourth-order valence-electron chi connectivity index (χ4n) is 4.51. The minimum Gasteiger partial charge on any atom is -0.490 e. The normalized spacial score (nSPS) is 15.2. The van der Waals surface area contributed by atoms with E-state index in [1.54, 1.807) is 18.3 Å². The van der Waals surface area contributed by atoms with E-state index >= 15 is 0 Å². The van der Waals surface area contributed by atoms with Crippen LogP contribution in [0, 0.1) is 12.8 Å². The minimum absolute atomic E-state index is 0.0257. The van der Waals surface area contributed by atoms with Crippen molar-refractivity contribution in [1.82, 2.24) is 14.9 Å². The van der Waals surface area contributed by atoms with Crippen molar-refractivity contribution >= 4 is 27.5 Å². The van der Waals surface area contributed by atoms with Crippen LogP contribution in [0.2, 0.25) is 0 Å². The van der Waals surface area contributed by atoms with Gasteiger partial charge in [0.25, 0.3) is 5.56 Å². The Kier molecular flexibility index (Phi) is 7.56. The maximum absolute atomic E-state index is 13.3. The molecular weight excluding hydrogens is 450 g/mol. The predicted molar refractivity (Wildman–Crippen MR) is 135 cm³/mol. The number of hydrogen-bond donors (Lipinski definition) is 1. The number of amides is 1. The Balaban J connectivity index is 1.43. The molecule has 1 aromatic carbocycles. The number of aromatic nitrogens is 2. The monoisotopic (exact) mass is 483 g/mol. The quantitative estimate of drug-likeness (QED) is 0.497. The van der Waals surface area contributed by atoms with Crippen LogP contribution in [0.5, 0.6) is 11.5 Å². The average molecular weight is 484 g/mol. The molecule has 4 rings (SSSR count). The van der Waals surface area contributed by atoms with Gasteiger partial charge in [0.15, 0.2) is 11.5 Å². The first kappa shape index (κ1) is 24.3. The van der Waals surface area contributed by atoms with Crippen molar-refractivity contribution in [3.8, 4) is 11.5 Å². The van der Waals surface area contributed by atoms with Crippen molar-refractivity contribution in [1.29, 1.82) is 0 Å². The van der Waals surface area contributed by atoms with Crippen molar-refractivity contribution < 1.29 is 14.3 Å². The molecule has 0 aliphatic heterocycles. The Labute approximate surface area is 204 Å². The van der Waals surface area contributed by atoms with Gasteiger partial charge >= 0.3 is 0 Å². The molecule has 2 aromatic heterocycles. The highest BCUT2D eigenvalue weighted by Crippen LogP contribution is 2.35. The largest absolute Gasteiger partial charge is 0.490 e. The number of ether oxygens (including phenoxy) is 2. The predicted octanol–water partition coefficient (Wildman–Crippen LogP) is 4.05. The number of nitrogens with zero attached hydrogens (tertiary/aromatic N) is 2. The van der Waals surface area contributed by atoms with Gasteiger partial charge in [0, 0.05) is 11.4 Å². The van der Waals surface area contributed by atoms with E-state index < -0.39 is 0 Å². The topological polar surface area (TPSA) is 82.5 Å². The van der Waals surface area contributed by atoms with E-state index in [1.165, 1.54) is 9.44 Å². The molecule has 1 atom stereocenters. The van der Waals surface area contributed by atoms with Gasteiger partial charge in [-0.3, -0.25) is 14.2 Å². The number of carbonyl (C=O) groups excluding carboxylic acids is 1. The summed E-state index contributed by atoms with van der Waals surface area (Å²) in [6, 6.07) is 5.83. The third kappa shape index (κ3) is 5.12. The first-order valence-corrected chi connectivity index (χ1v) is 12.9. The van der Waals surface area contributed by atoms with Gasteiger partial charge in [-0.1, -0.05) is 13.0 Å². The van der Waals surface area contributed by atoms with Crippen LogP contribution in [-0.2, 0) is 30.6 Å². The zero-order valence-electron chi connectivity index (χ0n) is 20.4. The van der Waals surface area contributed by atoms with Crippen LogP contribution in [0.3, 0.4) is 0 Å². The molecule has 1 aliphatic carbocycles. The number of carbonyl (C=O) groups is 1. The van der Waals surface area contributed by atoms with Crippen LogP contribution in [0.25, 0.3) is 10.2 Å². The Hall–Kier alpha value is -2.87. The Morgan fingerprint density at radius 1 is 1.24 bits per heavy atom. The maximum Gasteiger partial charge on any atom is 0.263 e. The third-order valence-corrected chi connectivity index (χ3v) is 7.40. The molecule has 3 aromatic rings. The van der Waals surface area contributed by atoms with Crippen molar-refractivity contribution in [2.75, 3.05) is 19.8 Å². The van der Waals surface area contributed by atoms with Crippen LogP contribution >= 0.6 is 11.3 Å². The molecule has 1 unspecified atom stereocenters. The molecule has 1 N–H and O–H groups in total. The van der Waals surface area contributed by atoms with E-state index in [2.05, 4.69) is 17.2 Å². The summed E-state index contributed by atoms with van der Waals surface area (Å²) in [6.45, 7) is 9.49. The highest BCUT2D eigenvalue weighted by atomic mass is 32.1. The number of thiophene rings is 1. The number of aryl methyl sites for hydroxylation is 2. The summed E-state index contributed by atoms with van der Waals surface area (Å²) in [5, 5.41) is 3.65. The van der Waals surface area contributed by atoms with E-state index in [-0.39, 0.29) is 18.0 Å². The number of rotatable bonds is 9. The molecule has 8 heteroatoms. The fourth-order valence-corrected chi connectivity index (χ4v) is 5.93. The molecule has 7 nitrogen and oxygen atoms in total. The zero-order chi connectivity index (χ0) is 24.2. The van der Waals surface area contributed by atoms with Crippen LogP contribution in [-0.4, -0.2) is 35.2 Å². The van der Waals surface area contributed by atoms with Crippen molar-refractivity contribution in [3.63, 3.8) is 0 Å². The van der Waals surface area contributed by atoms with Gasteiger partial charge in [0.2, 0.25) is 5.91 Å². The van der Waals surface area contributed by atoms with Gasteiger partial charge < -0.3 is 14.8 Å². The van der Waals surface area contributed by atoms with E-state index in [9.17, 15) is 9.59 Å². The van der Waals surface area contributed by atoms with Crippen molar-refractivity contribution in [3.05, 3.63) is 50.4 Å². The summed E-state index contributed by atoms with van der Waals surface area (Å²) >= 11 is 1.64. The van der Waals surface area contributed by atoms with Crippen molar-refractivity contribution in [2.45, 2.75) is 59.9 Å². The minimum atomic E-state index is -0.194. The lowest BCUT2D eigenvalue weighted by molar-refractivity contribution is -0.121. The smallest absolute Gasteiger partial charge is 0.263 e. The zero-order valence-corrected chi connectivity index (χ0v) is 21.2. The molecule has 0 bridgehead atoms. The van der Waals surface area contributed by atoms with E-state index in [1.807, 2.05) is 32.0 Å². The second-order valence-corrected chi connectivity index (χ2v) is 9.91. The standard InChI is InChI=1S/C26H33N3O4S/c1-5-32-20-10-8-18(14-21(20)33-6-2)11-12-27-23(30)15-29-17(4)28-25-24(26(29)31)19-9-7-16(3)13-22(19)34-25/h8,10,14,16H,5-7,9,11-13,15H2,1-4H3,(H,27,30). The number of fused-ring (bicyclic) bond motifs is 3. The summed E-state index contributed by atoms with van der Waals surface area (Å²) in [4.78, 5) is 32.7. The Morgan fingerprint density at radius 2 is 2.00 bits per heavy atom. The molecule has 34 heavy (non-hydrogen) atoms. The third-order valence-electron chi connectivity index (χ3n) is 6.25. The average Bonchev–Trinajstić information content (AvgIpc) is 3.15. The number of benzene rings is 1. The SMILES string of the molecule is CCOc1ccc(CCNC(=O)Cn2c(C)nc3sc4c(c3c2=O)CCC(C)C4)cc1OCC. The molecule has 0 saturated carbocycles. The van der Waals surface area contributed by atoms with Gasteiger partial charge in [0.1, 0.15) is 17.2 Å². The van der Waals surface area contributed by atoms with Crippen LogP contribution < -0.4 is 20.3 Å². The molecule has 1 amide bonds. The molecule has 182 valence electrons. The van der Waals surface area contributed by atoms with Crippen LogP contribution in [0.4, 0.5) is 0 Å². The van der Waals surface area contributed by atoms with E-state index in [0.717, 1.165) is 41.0 Å². The first-order chi connectivity index (χ1) is 16.4. The number of hydrogen-bond acceptors (Lipinski definition) is 6. The van der Waals surface area contributed by atoms with Gasteiger partial charge in [-0.15, -0.1) is 11.3 Å². The number of nitrogens with one attached hydrogen (secondary N) is 1.